The molecule has 1 aliphatic heterocycles. The fourth-order valence-electron chi connectivity index (χ4n) is 3.44. The molecule has 3 aromatic rings. The molecular formula is C22H16F3N3O4. The fourth-order valence-corrected chi connectivity index (χ4v) is 3.44. The van der Waals surface area contributed by atoms with Crippen molar-refractivity contribution in [3.8, 4) is 16.9 Å². The number of hydroxylamine groups is 1. The molecule has 0 saturated carbocycles. The van der Waals surface area contributed by atoms with Crippen molar-refractivity contribution in [2.45, 2.75) is 12.2 Å². The Kier molecular flexibility index (Phi) is 5.93. The molecule has 0 fully saturated rings. The number of carbonyl (C=O) groups is 1. The summed E-state index contributed by atoms with van der Waals surface area (Å²) in [5.74, 6) is -0.485. The molecule has 0 bridgehead atoms. The van der Waals surface area contributed by atoms with E-state index in [4.69, 9.17) is 4.74 Å². The van der Waals surface area contributed by atoms with Gasteiger partial charge in [0.15, 0.2) is 5.54 Å². The molecule has 1 atom stereocenters. The minimum atomic E-state index is -2.95. The van der Waals surface area contributed by atoms with Crippen molar-refractivity contribution in [3.63, 3.8) is 0 Å². The smallest absolute Gasteiger partial charge is 0.387 e. The third-order valence-electron chi connectivity index (χ3n) is 4.84. The highest BCUT2D eigenvalue weighted by molar-refractivity contribution is 5.77. The SMILES string of the molecule is O=CONC1=NC(c2ccc(OC(F)F)cc2)(c2cccc(-c3cncc(F)c3)c2)CO1. The molecule has 0 saturated heterocycles. The Bertz CT molecular complexity index is 1140. The van der Waals surface area contributed by atoms with Crippen molar-refractivity contribution in [2.24, 2.45) is 4.99 Å². The maximum atomic E-state index is 13.7. The predicted octanol–water partition coefficient (Wildman–Crippen LogP) is 3.80. The fraction of sp³-hybridized carbons (Fsp3) is 0.136. The van der Waals surface area contributed by atoms with Gasteiger partial charge in [0.2, 0.25) is 0 Å². The molecule has 0 amide bonds. The lowest BCUT2D eigenvalue weighted by atomic mass is 9.83. The Morgan fingerprint density at radius 3 is 2.59 bits per heavy atom. The molecule has 2 aromatic carbocycles. The molecule has 1 N–H and O–H groups in total. The summed E-state index contributed by atoms with van der Waals surface area (Å²) < 4.78 is 48.7. The molecule has 0 aliphatic carbocycles. The first-order chi connectivity index (χ1) is 15.5. The van der Waals surface area contributed by atoms with E-state index >= 15 is 0 Å². The van der Waals surface area contributed by atoms with Crippen molar-refractivity contribution >= 4 is 12.5 Å². The molecule has 1 aliphatic rings. The van der Waals surface area contributed by atoms with E-state index in [0.717, 1.165) is 6.20 Å². The minimum absolute atomic E-state index is 0.0102. The van der Waals surface area contributed by atoms with E-state index in [1.54, 1.807) is 36.4 Å². The summed E-state index contributed by atoms with van der Waals surface area (Å²) in [5, 5.41) is 0. The van der Waals surface area contributed by atoms with Gasteiger partial charge in [-0.25, -0.2) is 9.38 Å². The first-order valence-corrected chi connectivity index (χ1v) is 9.35. The molecule has 0 spiro atoms. The van der Waals surface area contributed by atoms with Crippen LogP contribution in [0.2, 0.25) is 0 Å². The van der Waals surface area contributed by atoms with Gasteiger partial charge in [0.05, 0.1) is 6.20 Å². The van der Waals surface area contributed by atoms with E-state index in [1.807, 2.05) is 0 Å². The lowest BCUT2D eigenvalue weighted by Crippen LogP contribution is -2.27. The molecule has 1 aromatic heterocycles. The number of alkyl halides is 2. The average Bonchev–Trinajstić information content (AvgIpc) is 3.23. The molecule has 2 heterocycles. The largest absolute Gasteiger partial charge is 0.460 e. The normalized spacial score (nSPS) is 17.4. The number of pyridine rings is 1. The molecule has 10 heteroatoms. The summed E-state index contributed by atoms with van der Waals surface area (Å²) in [6.07, 6.45) is 2.64. The number of carbonyl (C=O) groups excluding carboxylic acids is 1. The first kappa shape index (κ1) is 21.2. The van der Waals surface area contributed by atoms with E-state index in [-0.39, 0.29) is 24.9 Å². The van der Waals surface area contributed by atoms with E-state index in [9.17, 15) is 18.0 Å². The van der Waals surface area contributed by atoms with Crippen LogP contribution >= 0.6 is 0 Å². The molecule has 0 radical (unpaired) electrons. The summed E-state index contributed by atoms with van der Waals surface area (Å²) in [6, 6.07) is 14.5. The number of halogens is 3. The lowest BCUT2D eigenvalue weighted by Gasteiger charge is -2.26. The van der Waals surface area contributed by atoms with Gasteiger partial charge in [-0.3, -0.25) is 9.78 Å². The molecule has 1 unspecified atom stereocenters. The molecular weight excluding hydrogens is 427 g/mol. The van der Waals surface area contributed by atoms with Gasteiger partial charge in [-0.1, -0.05) is 30.3 Å². The Labute approximate surface area is 180 Å². The number of ether oxygens (including phenoxy) is 2. The Balaban J connectivity index is 1.78. The molecule has 32 heavy (non-hydrogen) atoms. The van der Waals surface area contributed by atoms with Gasteiger partial charge in [-0.2, -0.15) is 14.3 Å². The highest BCUT2D eigenvalue weighted by Crippen LogP contribution is 2.39. The monoisotopic (exact) mass is 443 g/mol. The van der Waals surface area contributed by atoms with Gasteiger partial charge < -0.3 is 14.3 Å². The van der Waals surface area contributed by atoms with Crippen LogP contribution < -0.4 is 10.2 Å². The highest BCUT2D eigenvalue weighted by atomic mass is 19.3. The summed E-state index contributed by atoms with van der Waals surface area (Å²) in [6.45, 7) is -2.74. The van der Waals surface area contributed by atoms with Gasteiger partial charge in [0.25, 0.3) is 0 Å². The number of rotatable bonds is 7. The van der Waals surface area contributed by atoms with Gasteiger partial charge in [-0.05, 0) is 41.0 Å². The van der Waals surface area contributed by atoms with Crippen molar-refractivity contribution in [2.75, 3.05) is 6.61 Å². The Morgan fingerprint density at radius 2 is 1.88 bits per heavy atom. The van der Waals surface area contributed by atoms with Crippen LogP contribution in [0.5, 0.6) is 5.75 Å². The summed E-state index contributed by atoms with van der Waals surface area (Å²) in [5.41, 5.74) is 3.72. The molecule has 164 valence electrons. The second-order valence-electron chi connectivity index (χ2n) is 6.76. The third kappa shape index (κ3) is 4.34. The summed E-state index contributed by atoms with van der Waals surface area (Å²) in [7, 11) is 0. The van der Waals surface area contributed by atoms with Crippen LogP contribution in [-0.4, -0.2) is 30.7 Å². The predicted molar refractivity (Wildman–Crippen MR) is 107 cm³/mol. The maximum absolute atomic E-state index is 13.7. The molecule has 4 rings (SSSR count). The van der Waals surface area contributed by atoms with E-state index in [0.29, 0.717) is 22.3 Å². The third-order valence-corrected chi connectivity index (χ3v) is 4.84. The zero-order chi connectivity index (χ0) is 22.6. The number of hydrogen-bond donors (Lipinski definition) is 1. The Hall–Kier alpha value is -4.08. The van der Waals surface area contributed by atoms with Gasteiger partial charge in [0.1, 0.15) is 18.2 Å². The zero-order valence-corrected chi connectivity index (χ0v) is 16.4. The molecule has 7 nitrogen and oxygen atoms in total. The number of benzene rings is 2. The van der Waals surface area contributed by atoms with Crippen molar-refractivity contribution in [1.82, 2.24) is 10.5 Å². The van der Waals surface area contributed by atoms with Crippen LogP contribution in [0.4, 0.5) is 13.2 Å². The van der Waals surface area contributed by atoms with Gasteiger partial charge >= 0.3 is 19.1 Å². The minimum Gasteiger partial charge on any atom is -0.460 e. The highest BCUT2D eigenvalue weighted by Gasteiger charge is 2.41. The van der Waals surface area contributed by atoms with Crippen molar-refractivity contribution in [1.29, 1.82) is 0 Å². The number of aliphatic imine (C=N–C) groups is 1. The maximum Gasteiger partial charge on any atom is 0.387 e. The lowest BCUT2D eigenvalue weighted by molar-refractivity contribution is -0.132. The van der Waals surface area contributed by atoms with Crippen LogP contribution in [-0.2, 0) is 19.9 Å². The van der Waals surface area contributed by atoms with Crippen LogP contribution in [0.25, 0.3) is 11.1 Å². The number of hydrogen-bond acceptors (Lipinski definition) is 7. The van der Waals surface area contributed by atoms with Gasteiger partial charge in [0, 0.05) is 11.8 Å². The second-order valence-corrected chi connectivity index (χ2v) is 6.76. The van der Waals surface area contributed by atoms with Crippen molar-refractivity contribution < 1.29 is 32.3 Å². The van der Waals surface area contributed by atoms with E-state index in [2.05, 4.69) is 25.0 Å². The van der Waals surface area contributed by atoms with Crippen molar-refractivity contribution in [3.05, 3.63) is 83.9 Å². The van der Waals surface area contributed by atoms with Crippen LogP contribution in [0.3, 0.4) is 0 Å². The number of aromatic nitrogens is 1. The standard InChI is InChI=1S/C22H16F3N3O4/c23-18-9-15(10-26-11-18)14-2-1-3-17(8-14)22(12-30-21(27-22)28-31-13-29)16-4-6-19(7-5-16)32-20(24)25/h1-11,13,20H,12H2,(H,27,28). The summed E-state index contributed by atoms with van der Waals surface area (Å²) in [4.78, 5) is 23.5. The first-order valence-electron chi connectivity index (χ1n) is 9.35. The Morgan fingerprint density at radius 1 is 1.06 bits per heavy atom. The quantitative estimate of drug-likeness (QED) is 0.442. The zero-order valence-electron chi connectivity index (χ0n) is 16.4. The number of amidine groups is 1. The van der Waals surface area contributed by atoms with E-state index < -0.39 is 18.0 Å². The van der Waals surface area contributed by atoms with Crippen LogP contribution in [0.15, 0.2) is 72.0 Å². The topological polar surface area (TPSA) is 82.0 Å². The van der Waals surface area contributed by atoms with Crippen LogP contribution in [0, 0.1) is 5.82 Å². The number of nitrogens with one attached hydrogen (secondary N) is 1. The average molecular weight is 443 g/mol. The summed E-state index contributed by atoms with van der Waals surface area (Å²) >= 11 is 0. The second kappa shape index (κ2) is 8.96. The van der Waals surface area contributed by atoms with Gasteiger partial charge in [-0.15, -0.1) is 0 Å². The number of nitrogens with zero attached hydrogens (tertiary/aromatic N) is 2. The van der Waals surface area contributed by atoms with Crippen LogP contribution in [0.1, 0.15) is 11.1 Å². The van der Waals surface area contributed by atoms with E-state index in [1.165, 1.54) is 24.4 Å².